The van der Waals surface area contributed by atoms with Gasteiger partial charge in [-0.05, 0) is 60.2 Å². The number of sulfonamides is 1. The van der Waals surface area contributed by atoms with E-state index in [9.17, 15) is 13.2 Å². The fraction of sp³-hybridized carbons (Fsp3) is 0.179. The number of nitrogens with zero attached hydrogens (tertiary/aromatic N) is 5. The van der Waals surface area contributed by atoms with Gasteiger partial charge in [0, 0.05) is 49.2 Å². The molecule has 0 saturated carbocycles. The van der Waals surface area contributed by atoms with Crippen molar-refractivity contribution in [3.05, 3.63) is 113 Å². The molecule has 194 valence electrons. The predicted molar refractivity (Wildman–Crippen MR) is 148 cm³/mol. The van der Waals surface area contributed by atoms with Crippen LogP contribution in [0, 0.1) is 0 Å². The maximum absolute atomic E-state index is 13.6. The summed E-state index contributed by atoms with van der Waals surface area (Å²) in [6.07, 6.45) is 3.41. The van der Waals surface area contributed by atoms with Gasteiger partial charge in [-0.15, -0.1) is 0 Å². The maximum atomic E-state index is 13.6. The van der Waals surface area contributed by atoms with E-state index in [1.54, 1.807) is 102 Å². The number of benzene rings is 3. The molecular formula is C28H26ClN5O3S. The highest BCUT2D eigenvalue weighted by Crippen LogP contribution is 2.27. The smallest absolute Gasteiger partial charge is 0.264 e. The van der Waals surface area contributed by atoms with Gasteiger partial charge in [0.25, 0.3) is 15.9 Å². The molecule has 4 aromatic rings. The van der Waals surface area contributed by atoms with Gasteiger partial charge in [0.05, 0.1) is 17.1 Å². The Morgan fingerprint density at radius 2 is 1.45 bits per heavy atom. The van der Waals surface area contributed by atoms with Gasteiger partial charge in [-0.2, -0.15) is 0 Å². The molecule has 1 amide bonds. The lowest BCUT2D eigenvalue weighted by Gasteiger charge is -2.34. The molecule has 0 spiro atoms. The standard InChI is InChI=1S/C28H26ClN5O3S/c29-24-11-7-22(8-12-24)21-34(38(36,37)26-5-2-1-3-6-26)25-13-9-23(10-14-25)27(35)32-17-19-33(20-18-32)28-30-15-4-16-31-28/h1-16H,17-21H2. The van der Waals surface area contributed by atoms with Gasteiger partial charge in [0.2, 0.25) is 5.95 Å². The Morgan fingerprint density at radius 1 is 0.816 bits per heavy atom. The summed E-state index contributed by atoms with van der Waals surface area (Å²) >= 11 is 6.02. The fourth-order valence-corrected chi connectivity index (χ4v) is 5.91. The number of anilines is 2. The first kappa shape index (κ1) is 25.7. The predicted octanol–water partition coefficient (Wildman–Crippen LogP) is 4.49. The van der Waals surface area contributed by atoms with E-state index in [0.29, 0.717) is 48.4 Å². The number of hydrogen-bond donors (Lipinski definition) is 0. The third-order valence-corrected chi connectivity index (χ3v) is 8.41. The summed E-state index contributed by atoms with van der Waals surface area (Å²) in [4.78, 5) is 25.8. The molecule has 1 aromatic heterocycles. The average molecular weight is 548 g/mol. The molecule has 1 fully saturated rings. The van der Waals surface area contributed by atoms with Crippen LogP contribution in [0.25, 0.3) is 0 Å². The monoisotopic (exact) mass is 547 g/mol. The van der Waals surface area contributed by atoms with Crippen LogP contribution in [0.4, 0.5) is 11.6 Å². The molecule has 0 aliphatic carbocycles. The van der Waals surface area contributed by atoms with Gasteiger partial charge in [-0.3, -0.25) is 9.10 Å². The van der Waals surface area contributed by atoms with E-state index >= 15 is 0 Å². The summed E-state index contributed by atoms with van der Waals surface area (Å²) in [5.41, 5.74) is 1.75. The molecular weight excluding hydrogens is 522 g/mol. The minimum absolute atomic E-state index is 0.0969. The summed E-state index contributed by atoms with van der Waals surface area (Å²) in [5, 5.41) is 0.575. The Bertz CT molecular complexity index is 1480. The number of hydrogen-bond acceptors (Lipinski definition) is 6. The minimum Gasteiger partial charge on any atom is -0.337 e. The first-order valence-electron chi connectivity index (χ1n) is 12.2. The SMILES string of the molecule is O=C(c1ccc(N(Cc2ccc(Cl)cc2)S(=O)(=O)c2ccccc2)cc1)N1CCN(c2ncccn2)CC1. The Balaban J connectivity index is 1.35. The Labute approximate surface area is 227 Å². The molecule has 0 radical (unpaired) electrons. The highest BCUT2D eigenvalue weighted by Gasteiger charge is 2.27. The molecule has 3 aromatic carbocycles. The highest BCUT2D eigenvalue weighted by molar-refractivity contribution is 7.92. The summed E-state index contributed by atoms with van der Waals surface area (Å²) in [6, 6.07) is 23.9. The zero-order valence-electron chi connectivity index (χ0n) is 20.5. The largest absolute Gasteiger partial charge is 0.337 e. The second-order valence-electron chi connectivity index (χ2n) is 8.83. The van der Waals surface area contributed by atoms with E-state index in [1.807, 2.05) is 0 Å². The number of piperazine rings is 1. The maximum Gasteiger partial charge on any atom is 0.264 e. The first-order valence-corrected chi connectivity index (χ1v) is 14.0. The fourth-order valence-electron chi connectivity index (χ4n) is 4.31. The van der Waals surface area contributed by atoms with Gasteiger partial charge in [-0.1, -0.05) is 41.9 Å². The third kappa shape index (κ3) is 5.64. The zero-order chi connectivity index (χ0) is 26.5. The van der Waals surface area contributed by atoms with E-state index in [-0.39, 0.29) is 17.3 Å². The molecule has 1 aliphatic rings. The van der Waals surface area contributed by atoms with Gasteiger partial charge < -0.3 is 9.80 Å². The molecule has 2 heterocycles. The van der Waals surface area contributed by atoms with Crippen LogP contribution < -0.4 is 9.21 Å². The van der Waals surface area contributed by atoms with Crippen molar-refractivity contribution < 1.29 is 13.2 Å². The highest BCUT2D eigenvalue weighted by atomic mass is 35.5. The van der Waals surface area contributed by atoms with E-state index in [4.69, 9.17) is 11.6 Å². The minimum atomic E-state index is -3.86. The van der Waals surface area contributed by atoms with Crippen molar-refractivity contribution in [3.8, 4) is 0 Å². The van der Waals surface area contributed by atoms with Crippen molar-refractivity contribution in [3.63, 3.8) is 0 Å². The Morgan fingerprint density at radius 3 is 2.08 bits per heavy atom. The van der Waals surface area contributed by atoms with Crippen LogP contribution in [-0.4, -0.2) is 55.4 Å². The van der Waals surface area contributed by atoms with Crippen LogP contribution in [0.5, 0.6) is 0 Å². The topological polar surface area (TPSA) is 86.7 Å². The number of aromatic nitrogens is 2. The number of rotatable bonds is 7. The number of carbonyl (C=O) groups is 1. The van der Waals surface area contributed by atoms with Crippen LogP contribution in [0.1, 0.15) is 15.9 Å². The van der Waals surface area contributed by atoms with Crippen molar-refractivity contribution >= 4 is 39.2 Å². The van der Waals surface area contributed by atoms with Crippen molar-refractivity contribution in [1.82, 2.24) is 14.9 Å². The molecule has 1 aliphatic heterocycles. The van der Waals surface area contributed by atoms with Crippen molar-refractivity contribution in [2.24, 2.45) is 0 Å². The Kier molecular flexibility index (Phi) is 7.57. The van der Waals surface area contributed by atoms with E-state index in [0.717, 1.165) is 5.56 Å². The van der Waals surface area contributed by atoms with Crippen LogP contribution in [0.15, 0.2) is 102 Å². The Hall–Kier alpha value is -3.95. The lowest BCUT2D eigenvalue weighted by molar-refractivity contribution is 0.0746. The second kappa shape index (κ2) is 11.2. The third-order valence-electron chi connectivity index (χ3n) is 6.37. The van der Waals surface area contributed by atoms with Crippen LogP contribution in [0.2, 0.25) is 5.02 Å². The number of halogens is 1. The lowest BCUT2D eigenvalue weighted by Crippen LogP contribution is -2.49. The zero-order valence-corrected chi connectivity index (χ0v) is 22.1. The molecule has 0 N–H and O–H groups in total. The van der Waals surface area contributed by atoms with Gasteiger partial charge >= 0.3 is 0 Å². The lowest BCUT2D eigenvalue weighted by atomic mass is 10.1. The first-order chi connectivity index (χ1) is 18.4. The van der Waals surface area contributed by atoms with Gasteiger partial charge in [-0.25, -0.2) is 18.4 Å². The van der Waals surface area contributed by atoms with E-state index < -0.39 is 10.0 Å². The summed E-state index contributed by atoms with van der Waals surface area (Å²) in [7, 11) is -3.86. The molecule has 1 saturated heterocycles. The van der Waals surface area contributed by atoms with Gasteiger partial charge in [0.1, 0.15) is 0 Å². The van der Waals surface area contributed by atoms with Crippen LogP contribution >= 0.6 is 11.6 Å². The summed E-state index contributed by atoms with van der Waals surface area (Å²) in [5.74, 6) is 0.560. The molecule has 38 heavy (non-hydrogen) atoms. The summed E-state index contributed by atoms with van der Waals surface area (Å²) in [6.45, 7) is 2.48. The van der Waals surface area contributed by atoms with Gasteiger partial charge in [0.15, 0.2) is 0 Å². The van der Waals surface area contributed by atoms with Crippen molar-refractivity contribution in [1.29, 1.82) is 0 Å². The normalized spacial score (nSPS) is 13.8. The van der Waals surface area contributed by atoms with E-state index in [2.05, 4.69) is 14.9 Å². The quantitative estimate of drug-likeness (QED) is 0.339. The summed E-state index contributed by atoms with van der Waals surface area (Å²) < 4.78 is 28.6. The van der Waals surface area contributed by atoms with Crippen LogP contribution in [-0.2, 0) is 16.6 Å². The van der Waals surface area contributed by atoms with E-state index in [1.165, 1.54) is 4.31 Å². The van der Waals surface area contributed by atoms with Crippen molar-refractivity contribution in [2.75, 3.05) is 35.4 Å². The number of amides is 1. The molecule has 0 atom stereocenters. The van der Waals surface area contributed by atoms with Crippen molar-refractivity contribution in [2.45, 2.75) is 11.4 Å². The molecule has 5 rings (SSSR count). The molecule has 0 unspecified atom stereocenters. The molecule has 10 heteroatoms. The average Bonchev–Trinajstić information content (AvgIpc) is 2.97. The number of carbonyl (C=O) groups excluding carboxylic acids is 1. The molecule has 8 nitrogen and oxygen atoms in total. The molecule has 0 bridgehead atoms. The second-order valence-corrected chi connectivity index (χ2v) is 11.1. The van der Waals surface area contributed by atoms with Crippen LogP contribution in [0.3, 0.4) is 0 Å².